The van der Waals surface area contributed by atoms with E-state index in [0.717, 1.165) is 41.9 Å². The molecule has 1 aliphatic heterocycles. The largest absolute Gasteiger partial charge is 0.340 e. The molecule has 4 rings (SSSR count). The van der Waals surface area contributed by atoms with Crippen molar-refractivity contribution in [2.24, 2.45) is 0 Å². The maximum Gasteiger partial charge on any atom is 0.257 e. The number of rotatable bonds is 3. The van der Waals surface area contributed by atoms with Crippen molar-refractivity contribution < 1.29 is 4.79 Å². The fourth-order valence-corrected chi connectivity index (χ4v) is 3.44. The van der Waals surface area contributed by atoms with E-state index >= 15 is 0 Å². The molecule has 1 saturated heterocycles. The number of amides is 1. The van der Waals surface area contributed by atoms with Gasteiger partial charge in [-0.25, -0.2) is 15.0 Å². The van der Waals surface area contributed by atoms with Gasteiger partial charge < -0.3 is 9.88 Å². The van der Waals surface area contributed by atoms with E-state index in [-0.39, 0.29) is 11.9 Å². The highest BCUT2D eigenvalue weighted by Gasteiger charge is 2.33. The van der Waals surface area contributed by atoms with Crippen LogP contribution in [-0.2, 0) is 6.42 Å². The number of halogens is 1. The van der Waals surface area contributed by atoms with Crippen molar-refractivity contribution in [2.75, 3.05) is 6.54 Å². The van der Waals surface area contributed by atoms with Gasteiger partial charge in [-0.1, -0.05) is 18.5 Å². The first-order valence-corrected chi connectivity index (χ1v) is 8.80. The van der Waals surface area contributed by atoms with Gasteiger partial charge in [0.1, 0.15) is 11.6 Å². The Morgan fingerprint density at radius 2 is 2.16 bits per heavy atom. The average Bonchev–Trinajstić information content (AvgIpc) is 3.27. The molecule has 1 atom stereocenters. The van der Waals surface area contributed by atoms with Crippen molar-refractivity contribution in [1.82, 2.24) is 24.8 Å². The average molecular weight is 356 g/mol. The Balaban J connectivity index is 1.63. The van der Waals surface area contributed by atoms with E-state index in [1.807, 2.05) is 30.0 Å². The van der Waals surface area contributed by atoms with E-state index in [4.69, 9.17) is 11.6 Å². The molecule has 1 aliphatic rings. The smallest absolute Gasteiger partial charge is 0.257 e. The van der Waals surface area contributed by atoms with Crippen LogP contribution in [0.2, 0.25) is 5.02 Å². The zero-order chi connectivity index (χ0) is 17.4. The SMILES string of the molecule is CCc1ncc(C(=O)N2CCC[C@@H]2c2nc3ccc(Cl)cc3[nH]2)cn1. The summed E-state index contributed by atoms with van der Waals surface area (Å²) in [5.74, 6) is 1.49. The monoisotopic (exact) mass is 355 g/mol. The molecule has 6 nitrogen and oxygen atoms in total. The number of aryl methyl sites for hydroxylation is 1. The lowest BCUT2D eigenvalue weighted by Gasteiger charge is -2.23. The third kappa shape index (κ3) is 2.98. The fourth-order valence-electron chi connectivity index (χ4n) is 3.27. The van der Waals surface area contributed by atoms with Crippen molar-refractivity contribution >= 4 is 28.5 Å². The first-order chi connectivity index (χ1) is 12.2. The molecule has 25 heavy (non-hydrogen) atoms. The topological polar surface area (TPSA) is 74.8 Å². The Morgan fingerprint density at radius 3 is 2.92 bits per heavy atom. The quantitative estimate of drug-likeness (QED) is 0.779. The molecule has 1 N–H and O–H groups in total. The minimum absolute atomic E-state index is 0.0522. The van der Waals surface area contributed by atoms with Crippen LogP contribution in [0, 0.1) is 0 Å². The summed E-state index contributed by atoms with van der Waals surface area (Å²) in [5, 5.41) is 0.662. The van der Waals surface area contributed by atoms with Gasteiger partial charge >= 0.3 is 0 Å². The van der Waals surface area contributed by atoms with Gasteiger partial charge in [0.05, 0.1) is 22.6 Å². The number of imidazole rings is 1. The Labute approximate surface area is 150 Å². The van der Waals surface area contributed by atoms with Crippen LogP contribution >= 0.6 is 11.6 Å². The molecule has 3 heterocycles. The summed E-state index contributed by atoms with van der Waals surface area (Å²) in [7, 11) is 0. The third-order valence-electron chi connectivity index (χ3n) is 4.56. The van der Waals surface area contributed by atoms with E-state index in [1.54, 1.807) is 12.4 Å². The molecule has 0 radical (unpaired) electrons. The summed E-state index contributed by atoms with van der Waals surface area (Å²) in [6, 6.07) is 5.49. The predicted octanol–water partition coefficient (Wildman–Crippen LogP) is 3.55. The van der Waals surface area contributed by atoms with Crippen LogP contribution in [0.4, 0.5) is 0 Å². The number of aromatic nitrogens is 4. The lowest BCUT2D eigenvalue weighted by molar-refractivity contribution is 0.0729. The Kier molecular flexibility index (Phi) is 4.13. The van der Waals surface area contributed by atoms with E-state index in [9.17, 15) is 4.79 Å². The molecule has 0 unspecified atom stereocenters. The Hall–Kier alpha value is -2.47. The molecule has 7 heteroatoms. The fraction of sp³-hybridized carbons (Fsp3) is 0.333. The zero-order valence-corrected chi connectivity index (χ0v) is 14.6. The molecule has 0 spiro atoms. The van der Waals surface area contributed by atoms with Crippen LogP contribution in [0.15, 0.2) is 30.6 Å². The van der Waals surface area contributed by atoms with E-state index in [0.29, 0.717) is 17.1 Å². The number of fused-ring (bicyclic) bond motifs is 1. The summed E-state index contributed by atoms with van der Waals surface area (Å²) in [6.07, 6.45) is 5.81. The van der Waals surface area contributed by atoms with E-state index in [1.165, 1.54) is 0 Å². The summed E-state index contributed by atoms with van der Waals surface area (Å²) in [5.41, 5.74) is 2.26. The van der Waals surface area contributed by atoms with Gasteiger partial charge in [-0.3, -0.25) is 4.79 Å². The second-order valence-corrected chi connectivity index (χ2v) is 6.62. The van der Waals surface area contributed by atoms with Gasteiger partial charge in [0.15, 0.2) is 0 Å². The molecule has 0 bridgehead atoms. The van der Waals surface area contributed by atoms with Crippen molar-refractivity contribution in [1.29, 1.82) is 0 Å². The molecular formula is C18H18ClN5O. The van der Waals surface area contributed by atoms with Crippen LogP contribution in [0.1, 0.15) is 47.8 Å². The number of carbonyl (C=O) groups excluding carboxylic acids is 1. The Morgan fingerprint density at radius 1 is 1.36 bits per heavy atom. The summed E-state index contributed by atoms with van der Waals surface area (Å²) in [4.78, 5) is 31.2. The number of hydrogen-bond donors (Lipinski definition) is 1. The van der Waals surface area contributed by atoms with Gasteiger partial charge in [0.2, 0.25) is 0 Å². The second kappa shape index (κ2) is 6.44. The highest BCUT2D eigenvalue weighted by molar-refractivity contribution is 6.31. The molecule has 0 aliphatic carbocycles. The highest BCUT2D eigenvalue weighted by Crippen LogP contribution is 2.32. The number of hydrogen-bond acceptors (Lipinski definition) is 4. The molecule has 3 aromatic rings. The van der Waals surface area contributed by atoms with Gasteiger partial charge in [-0.15, -0.1) is 0 Å². The van der Waals surface area contributed by atoms with E-state index in [2.05, 4.69) is 19.9 Å². The summed E-state index contributed by atoms with van der Waals surface area (Å²) in [6.45, 7) is 2.69. The van der Waals surface area contributed by atoms with Crippen molar-refractivity contribution in [2.45, 2.75) is 32.2 Å². The number of nitrogens with one attached hydrogen (secondary N) is 1. The first-order valence-electron chi connectivity index (χ1n) is 8.42. The van der Waals surface area contributed by atoms with Gasteiger partial charge in [-0.05, 0) is 31.0 Å². The standard InChI is InChI=1S/C18H18ClN5O/c1-2-16-20-9-11(10-21-16)18(25)24-7-3-4-15(24)17-22-13-6-5-12(19)8-14(13)23-17/h5-6,8-10,15H,2-4,7H2,1H3,(H,22,23)/t15-/m1/s1. The van der Waals surface area contributed by atoms with E-state index < -0.39 is 0 Å². The minimum atomic E-state index is -0.0653. The maximum atomic E-state index is 12.9. The molecule has 1 aromatic carbocycles. The number of aromatic amines is 1. The maximum absolute atomic E-state index is 12.9. The van der Waals surface area contributed by atoms with Gasteiger partial charge in [0, 0.05) is 30.4 Å². The number of nitrogens with zero attached hydrogens (tertiary/aromatic N) is 4. The van der Waals surface area contributed by atoms with Crippen molar-refractivity contribution in [3.8, 4) is 0 Å². The summed E-state index contributed by atoms with van der Waals surface area (Å²) >= 11 is 6.05. The molecule has 2 aromatic heterocycles. The molecule has 1 amide bonds. The highest BCUT2D eigenvalue weighted by atomic mass is 35.5. The van der Waals surface area contributed by atoms with Crippen LogP contribution in [-0.4, -0.2) is 37.3 Å². The van der Waals surface area contributed by atoms with Crippen molar-refractivity contribution in [3.05, 3.63) is 52.8 Å². The number of carbonyl (C=O) groups is 1. The molecule has 1 fully saturated rings. The van der Waals surface area contributed by atoms with Crippen LogP contribution in [0.5, 0.6) is 0 Å². The van der Waals surface area contributed by atoms with Gasteiger partial charge in [-0.2, -0.15) is 0 Å². The molecule has 0 saturated carbocycles. The predicted molar refractivity (Wildman–Crippen MR) is 95.5 cm³/mol. The van der Waals surface area contributed by atoms with Crippen LogP contribution < -0.4 is 0 Å². The second-order valence-electron chi connectivity index (χ2n) is 6.18. The lowest BCUT2D eigenvalue weighted by atomic mass is 10.2. The van der Waals surface area contributed by atoms with Crippen LogP contribution in [0.25, 0.3) is 11.0 Å². The first kappa shape index (κ1) is 16.0. The number of benzene rings is 1. The minimum Gasteiger partial charge on any atom is -0.340 e. The number of likely N-dealkylation sites (tertiary alicyclic amines) is 1. The normalized spacial score (nSPS) is 17.4. The number of H-pyrrole nitrogens is 1. The van der Waals surface area contributed by atoms with Gasteiger partial charge in [0.25, 0.3) is 5.91 Å². The zero-order valence-electron chi connectivity index (χ0n) is 13.9. The third-order valence-corrected chi connectivity index (χ3v) is 4.80. The molecule has 128 valence electrons. The van der Waals surface area contributed by atoms with Crippen molar-refractivity contribution in [3.63, 3.8) is 0 Å². The summed E-state index contributed by atoms with van der Waals surface area (Å²) < 4.78 is 0. The Bertz CT molecular complexity index is 921. The molecular weight excluding hydrogens is 338 g/mol. The van der Waals surface area contributed by atoms with Crippen LogP contribution in [0.3, 0.4) is 0 Å². The lowest BCUT2D eigenvalue weighted by Crippen LogP contribution is -2.31.